The zero-order valence-electron chi connectivity index (χ0n) is 14.3. The molecule has 3 rings (SSSR count). The van der Waals surface area contributed by atoms with Crippen molar-refractivity contribution < 1.29 is 9.84 Å². The Bertz CT molecular complexity index is 505. The Balaban J connectivity index is 1.70. The lowest BCUT2D eigenvalue weighted by Gasteiger charge is -2.35. The molecule has 0 radical (unpaired) electrons. The molecule has 0 aliphatic carbocycles. The Morgan fingerprint density at radius 2 is 1.83 bits per heavy atom. The van der Waals surface area contributed by atoms with Crippen LogP contribution in [0.4, 0.5) is 11.4 Å². The first-order valence-corrected chi connectivity index (χ1v) is 8.70. The van der Waals surface area contributed by atoms with Crippen LogP contribution in [0.3, 0.4) is 0 Å². The number of β-amino-alcohol motifs (C(OH)–C–C–N with tert-alkyl or cyclic N) is 1. The Morgan fingerprint density at radius 3 is 2.57 bits per heavy atom. The molecule has 2 unspecified atom stereocenters. The van der Waals surface area contributed by atoms with Gasteiger partial charge < -0.3 is 19.6 Å². The summed E-state index contributed by atoms with van der Waals surface area (Å²) in [5.41, 5.74) is 2.50. The zero-order valence-corrected chi connectivity index (χ0v) is 14.3. The highest BCUT2D eigenvalue weighted by molar-refractivity contribution is 5.72. The highest BCUT2D eigenvalue weighted by Gasteiger charge is 2.26. The summed E-state index contributed by atoms with van der Waals surface area (Å²) in [6, 6.07) is 8.96. The number of aliphatic hydroxyl groups is 1. The number of rotatable bonds is 4. The molecule has 2 atom stereocenters. The summed E-state index contributed by atoms with van der Waals surface area (Å²) < 4.78 is 5.38. The maximum Gasteiger partial charge on any atom is 0.0841 e. The summed E-state index contributed by atoms with van der Waals surface area (Å²) in [5.74, 6) is 0. The summed E-state index contributed by atoms with van der Waals surface area (Å²) in [6.07, 6.45) is 0.766. The predicted octanol–water partition coefficient (Wildman–Crippen LogP) is 1.41. The molecule has 128 valence electrons. The Labute approximate surface area is 139 Å². The van der Waals surface area contributed by atoms with Crippen LogP contribution in [0, 0.1) is 0 Å². The number of hydrogen-bond acceptors (Lipinski definition) is 5. The number of aliphatic hydroxyl groups excluding tert-OH is 1. The van der Waals surface area contributed by atoms with Gasteiger partial charge in [-0.3, -0.25) is 4.90 Å². The summed E-state index contributed by atoms with van der Waals surface area (Å²) in [5, 5.41) is 10.6. The maximum atomic E-state index is 10.6. The molecule has 5 heteroatoms. The van der Waals surface area contributed by atoms with Crippen molar-refractivity contribution in [2.45, 2.75) is 25.5 Å². The predicted molar refractivity (Wildman–Crippen MR) is 94.4 cm³/mol. The topological polar surface area (TPSA) is 39.2 Å². The minimum atomic E-state index is -0.341. The molecule has 2 aliphatic rings. The number of benzene rings is 1. The maximum absolute atomic E-state index is 10.6. The van der Waals surface area contributed by atoms with Crippen LogP contribution in [0.15, 0.2) is 24.3 Å². The van der Waals surface area contributed by atoms with Gasteiger partial charge in [0.15, 0.2) is 0 Å². The quantitative estimate of drug-likeness (QED) is 0.909. The summed E-state index contributed by atoms with van der Waals surface area (Å²) >= 11 is 0. The van der Waals surface area contributed by atoms with E-state index in [1.54, 1.807) is 0 Å². The summed E-state index contributed by atoms with van der Waals surface area (Å²) in [7, 11) is 2.15. The van der Waals surface area contributed by atoms with Gasteiger partial charge in [-0.2, -0.15) is 0 Å². The van der Waals surface area contributed by atoms with E-state index in [1.165, 1.54) is 11.4 Å². The molecule has 5 nitrogen and oxygen atoms in total. The largest absolute Gasteiger partial charge is 0.390 e. The molecule has 1 N–H and O–H groups in total. The van der Waals surface area contributed by atoms with E-state index in [9.17, 15) is 5.11 Å². The molecule has 0 amide bonds. The van der Waals surface area contributed by atoms with Crippen LogP contribution >= 0.6 is 0 Å². The van der Waals surface area contributed by atoms with Crippen LogP contribution in [0.5, 0.6) is 0 Å². The second kappa shape index (κ2) is 7.51. The number of anilines is 2. The SMILES string of the molecule is CC1CCN(C)c2ccccc2N1CC(O)CN1CCOCC1. The van der Waals surface area contributed by atoms with E-state index in [2.05, 4.69) is 52.9 Å². The van der Waals surface area contributed by atoms with Crippen LogP contribution in [-0.4, -0.2) is 75.1 Å². The van der Waals surface area contributed by atoms with Crippen LogP contribution in [0.25, 0.3) is 0 Å². The fraction of sp³-hybridized carbons (Fsp3) is 0.667. The van der Waals surface area contributed by atoms with Crippen molar-refractivity contribution in [3.05, 3.63) is 24.3 Å². The van der Waals surface area contributed by atoms with Gasteiger partial charge in [-0.25, -0.2) is 0 Å². The van der Waals surface area contributed by atoms with E-state index in [-0.39, 0.29) is 6.10 Å². The minimum Gasteiger partial charge on any atom is -0.390 e. The Kier molecular flexibility index (Phi) is 5.41. The van der Waals surface area contributed by atoms with E-state index in [0.29, 0.717) is 12.6 Å². The molecular formula is C18H29N3O2. The fourth-order valence-corrected chi connectivity index (χ4v) is 3.57. The third kappa shape index (κ3) is 3.97. The van der Waals surface area contributed by atoms with E-state index >= 15 is 0 Å². The van der Waals surface area contributed by atoms with Crippen LogP contribution < -0.4 is 9.80 Å². The third-order valence-electron chi connectivity index (χ3n) is 5.00. The first-order chi connectivity index (χ1) is 11.1. The van der Waals surface area contributed by atoms with Gasteiger partial charge in [0.25, 0.3) is 0 Å². The Morgan fingerprint density at radius 1 is 1.13 bits per heavy atom. The average Bonchev–Trinajstić information content (AvgIpc) is 2.68. The zero-order chi connectivity index (χ0) is 16.2. The standard InChI is InChI=1S/C18H29N3O2/c1-15-7-8-19(2)17-5-3-4-6-18(17)21(15)14-16(22)13-20-9-11-23-12-10-20/h3-6,15-16,22H,7-14H2,1-2H3. The van der Waals surface area contributed by atoms with Crippen molar-refractivity contribution in [2.75, 3.05) is 62.8 Å². The van der Waals surface area contributed by atoms with Gasteiger partial charge >= 0.3 is 0 Å². The van der Waals surface area contributed by atoms with Gasteiger partial charge in [-0.1, -0.05) is 12.1 Å². The molecule has 23 heavy (non-hydrogen) atoms. The minimum absolute atomic E-state index is 0.341. The van der Waals surface area contributed by atoms with Crippen molar-refractivity contribution in [3.63, 3.8) is 0 Å². The van der Waals surface area contributed by atoms with Gasteiger partial charge in [0, 0.05) is 45.8 Å². The smallest absolute Gasteiger partial charge is 0.0841 e. The second-order valence-electron chi connectivity index (χ2n) is 6.77. The van der Waals surface area contributed by atoms with Crippen molar-refractivity contribution in [2.24, 2.45) is 0 Å². The molecule has 0 aromatic heterocycles. The third-order valence-corrected chi connectivity index (χ3v) is 5.00. The average molecular weight is 319 g/mol. The lowest BCUT2D eigenvalue weighted by molar-refractivity contribution is 0.0158. The first-order valence-electron chi connectivity index (χ1n) is 8.70. The first kappa shape index (κ1) is 16.6. The number of fused-ring (bicyclic) bond motifs is 1. The second-order valence-corrected chi connectivity index (χ2v) is 6.77. The molecule has 1 aromatic carbocycles. The van der Waals surface area contributed by atoms with E-state index in [4.69, 9.17) is 4.74 Å². The fourth-order valence-electron chi connectivity index (χ4n) is 3.57. The summed E-state index contributed by atoms with van der Waals surface area (Å²) in [6.45, 7) is 8.12. The monoisotopic (exact) mass is 319 g/mol. The summed E-state index contributed by atoms with van der Waals surface area (Å²) in [4.78, 5) is 7.00. The van der Waals surface area contributed by atoms with Gasteiger partial charge in [0.2, 0.25) is 0 Å². The van der Waals surface area contributed by atoms with Crippen molar-refractivity contribution in [1.82, 2.24) is 4.90 Å². The normalized spacial score (nSPS) is 24.2. The van der Waals surface area contributed by atoms with Gasteiger partial charge in [0.1, 0.15) is 0 Å². The van der Waals surface area contributed by atoms with Gasteiger partial charge in [0.05, 0.1) is 30.7 Å². The molecule has 2 aliphatic heterocycles. The van der Waals surface area contributed by atoms with E-state index < -0.39 is 0 Å². The highest BCUT2D eigenvalue weighted by Crippen LogP contribution is 2.33. The van der Waals surface area contributed by atoms with E-state index in [1.807, 2.05) is 0 Å². The number of hydrogen-bond donors (Lipinski definition) is 1. The Hall–Kier alpha value is -1.30. The molecule has 0 bridgehead atoms. The number of morpholine rings is 1. The van der Waals surface area contributed by atoms with Crippen molar-refractivity contribution >= 4 is 11.4 Å². The van der Waals surface area contributed by atoms with Crippen molar-refractivity contribution in [1.29, 1.82) is 0 Å². The molecule has 0 spiro atoms. The molecular weight excluding hydrogens is 290 g/mol. The van der Waals surface area contributed by atoms with Gasteiger partial charge in [-0.15, -0.1) is 0 Å². The molecule has 1 fully saturated rings. The number of ether oxygens (including phenoxy) is 1. The van der Waals surface area contributed by atoms with Crippen LogP contribution in [0.2, 0.25) is 0 Å². The molecule has 2 heterocycles. The van der Waals surface area contributed by atoms with Crippen LogP contribution in [-0.2, 0) is 4.74 Å². The van der Waals surface area contributed by atoms with Gasteiger partial charge in [-0.05, 0) is 25.5 Å². The molecule has 1 saturated heterocycles. The van der Waals surface area contributed by atoms with Crippen LogP contribution in [0.1, 0.15) is 13.3 Å². The number of para-hydroxylation sites is 2. The molecule has 0 saturated carbocycles. The highest BCUT2D eigenvalue weighted by atomic mass is 16.5. The van der Waals surface area contributed by atoms with Crippen molar-refractivity contribution in [3.8, 4) is 0 Å². The molecule has 1 aromatic rings. The lowest BCUT2D eigenvalue weighted by atomic mass is 10.1. The van der Waals surface area contributed by atoms with E-state index in [0.717, 1.165) is 45.8 Å². The lowest BCUT2D eigenvalue weighted by Crippen LogP contribution is -2.46. The number of nitrogens with zero attached hydrogens (tertiary/aromatic N) is 3.